The van der Waals surface area contributed by atoms with Gasteiger partial charge in [-0.05, 0) is 36.8 Å². The molecule has 3 aromatic rings. The van der Waals surface area contributed by atoms with Gasteiger partial charge in [0.25, 0.3) is 0 Å². The van der Waals surface area contributed by atoms with Crippen molar-refractivity contribution in [3.05, 3.63) is 58.1 Å². The number of halogens is 1. The van der Waals surface area contributed by atoms with Crippen LogP contribution in [-0.4, -0.2) is 9.78 Å². The molecule has 0 amide bonds. The molecule has 3 rings (SSSR count). The summed E-state index contributed by atoms with van der Waals surface area (Å²) < 4.78 is 1.85. The Kier molecular flexibility index (Phi) is 3.51. The van der Waals surface area contributed by atoms with Gasteiger partial charge >= 0.3 is 0 Å². The normalized spacial score (nSPS) is 10.9. The van der Waals surface area contributed by atoms with Crippen LogP contribution in [0.15, 0.2) is 42.6 Å². The first-order chi connectivity index (χ1) is 9.61. The summed E-state index contributed by atoms with van der Waals surface area (Å²) in [6.07, 6.45) is 1.87. The average Bonchev–Trinajstić information content (AvgIpc) is 2.96. The Balaban J connectivity index is 1.89. The number of thiophene rings is 1. The minimum Gasteiger partial charge on any atom is -0.396 e. The molecule has 3 nitrogen and oxygen atoms in total. The molecule has 0 saturated heterocycles. The predicted octanol–water partition coefficient (Wildman–Crippen LogP) is 4.20. The fourth-order valence-corrected chi connectivity index (χ4v) is 3.18. The topological polar surface area (TPSA) is 43.8 Å². The van der Waals surface area contributed by atoms with E-state index in [0.29, 0.717) is 12.2 Å². The van der Waals surface area contributed by atoms with E-state index < -0.39 is 0 Å². The second kappa shape index (κ2) is 5.31. The molecular formula is C15H14ClN3S. The van der Waals surface area contributed by atoms with E-state index in [-0.39, 0.29) is 0 Å². The van der Waals surface area contributed by atoms with Gasteiger partial charge in [-0.15, -0.1) is 11.3 Å². The fraction of sp³-hybridized carbons (Fsp3) is 0.133. The number of nitrogens with zero attached hydrogens (tertiary/aromatic N) is 2. The molecule has 0 atom stereocenters. The van der Waals surface area contributed by atoms with E-state index in [1.165, 1.54) is 4.88 Å². The summed E-state index contributed by atoms with van der Waals surface area (Å²) in [5.41, 5.74) is 8.72. The number of rotatable bonds is 3. The molecule has 0 aliphatic carbocycles. The summed E-state index contributed by atoms with van der Waals surface area (Å²) in [5, 5.41) is 5.31. The third-order valence-electron chi connectivity index (χ3n) is 3.00. The van der Waals surface area contributed by atoms with Gasteiger partial charge in [-0.3, -0.25) is 4.68 Å². The molecule has 0 spiro atoms. The molecule has 5 heteroatoms. The quantitative estimate of drug-likeness (QED) is 0.788. The van der Waals surface area contributed by atoms with E-state index in [4.69, 9.17) is 17.3 Å². The van der Waals surface area contributed by atoms with Gasteiger partial charge in [0.05, 0.1) is 17.1 Å². The second-order valence-electron chi connectivity index (χ2n) is 4.67. The fourth-order valence-electron chi connectivity index (χ4n) is 2.09. The first-order valence-electron chi connectivity index (χ1n) is 6.26. The highest BCUT2D eigenvalue weighted by Crippen LogP contribution is 2.30. The Morgan fingerprint density at radius 2 is 2.15 bits per heavy atom. The van der Waals surface area contributed by atoms with Crippen LogP contribution in [0.4, 0.5) is 5.69 Å². The maximum Gasteiger partial charge on any atom is 0.125 e. The van der Waals surface area contributed by atoms with Gasteiger partial charge in [-0.1, -0.05) is 23.7 Å². The van der Waals surface area contributed by atoms with Crippen LogP contribution in [0.3, 0.4) is 0 Å². The Bertz CT molecular complexity index is 745. The van der Waals surface area contributed by atoms with Crippen molar-refractivity contribution in [2.24, 2.45) is 0 Å². The SMILES string of the molecule is Cc1ccc(-c2nn(Cc3cccc(Cl)c3)cc2N)s1. The molecule has 20 heavy (non-hydrogen) atoms. The number of aromatic nitrogens is 2. The van der Waals surface area contributed by atoms with Crippen LogP contribution in [0, 0.1) is 6.92 Å². The van der Waals surface area contributed by atoms with Crippen LogP contribution in [-0.2, 0) is 6.54 Å². The predicted molar refractivity (Wildman–Crippen MR) is 85.2 cm³/mol. The molecule has 0 aliphatic heterocycles. The highest BCUT2D eigenvalue weighted by atomic mass is 35.5. The van der Waals surface area contributed by atoms with Crippen LogP contribution in [0.2, 0.25) is 5.02 Å². The maximum absolute atomic E-state index is 6.06. The number of hydrogen-bond donors (Lipinski definition) is 1. The molecule has 0 fully saturated rings. The first-order valence-corrected chi connectivity index (χ1v) is 7.45. The van der Waals surface area contributed by atoms with Gasteiger partial charge in [-0.2, -0.15) is 5.10 Å². The van der Waals surface area contributed by atoms with E-state index in [2.05, 4.69) is 24.2 Å². The molecule has 102 valence electrons. The molecule has 0 radical (unpaired) electrons. The third-order valence-corrected chi connectivity index (χ3v) is 4.24. The van der Waals surface area contributed by atoms with Crippen molar-refractivity contribution in [3.63, 3.8) is 0 Å². The second-order valence-corrected chi connectivity index (χ2v) is 6.40. The van der Waals surface area contributed by atoms with Gasteiger partial charge in [0.2, 0.25) is 0 Å². The Hall–Kier alpha value is -1.78. The Morgan fingerprint density at radius 3 is 2.85 bits per heavy atom. The lowest BCUT2D eigenvalue weighted by molar-refractivity contribution is 0.690. The molecule has 0 bridgehead atoms. The van der Waals surface area contributed by atoms with E-state index in [1.807, 2.05) is 35.1 Å². The van der Waals surface area contributed by atoms with E-state index in [1.54, 1.807) is 11.3 Å². The Labute approximate surface area is 126 Å². The molecule has 2 aromatic heterocycles. The lowest BCUT2D eigenvalue weighted by Gasteiger charge is -2.02. The highest BCUT2D eigenvalue weighted by molar-refractivity contribution is 7.15. The molecular weight excluding hydrogens is 290 g/mol. The Morgan fingerprint density at radius 1 is 1.30 bits per heavy atom. The summed E-state index contributed by atoms with van der Waals surface area (Å²) in [6.45, 7) is 2.74. The summed E-state index contributed by atoms with van der Waals surface area (Å²) in [7, 11) is 0. The summed E-state index contributed by atoms with van der Waals surface area (Å²) in [4.78, 5) is 2.36. The maximum atomic E-state index is 6.06. The molecule has 0 aliphatic rings. The zero-order chi connectivity index (χ0) is 14.1. The van der Waals surface area contributed by atoms with Crippen molar-refractivity contribution < 1.29 is 0 Å². The highest BCUT2D eigenvalue weighted by Gasteiger charge is 2.10. The molecule has 0 saturated carbocycles. The van der Waals surface area contributed by atoms with Crippen LogP contribution in [0.1, 0.15) is 10.4 Å². The average molecular weight is 304 g/mol. The number of nitrogens with two attached hydrogens (primary N) is 1. The number of hydrogen-bond acceptors (Lipinski definition) is 3. The largest absolute Gasteiger partial charge is 0.396 e. The molecule has 2 N–H and O–H groups in total. The van der Waals surface area contributed by atoms with Crippen LogP contribution in [0.25, 0.3) is 10.6 Å². The zero-order valence-corrected chi connectivity index (χ0v) is 12.6. The van der Waals surface area contributed by atoms with Gasteiger partial charge in [0.1, 0.15) is 5.69 Å². The summed E-state index contributed by atoms with van der Waals surface area (Å²) >= 11 is 7.69. The van der Waals surface area contributed by atoms with Crippen molar-refractivity contribution in [1.29, 1.82) is 0 Å². The van der Waals surface area contributed by atoms with Crippen molar-refractivity contribution in [1.82, 2.24) is 9.78 Å². The van der Waals surface area contributed by atoms with Gasteiger partial charge in [-0.25, -0.2) is 0 Å². The van der Waals surface area contributed by atoms with Crippen molar-refractivity contribution in [2.75, 3.05) is 5.73 Å². The standard InChI is InChI=1S/C15H14ClN3S/c1-10-5-6-14(20-10)15-13(17)9-19(18-15)8-11-3-2-4-12(16)7-11/h2-7,9H,8,17H2,1H3. The smallest absolute Gasteiger partial charge is 0.125 e. The molecule has 0 unspecified atom stereocenters. The van der Waals surface area contributed by atoms with Crippen molar-refractivity contribution >= 4 is 28.6 Å². The number of aryl methyl sites for hydroxylation is 1. The minimum absolute atomic E-state index is 0.662. The minimum atomic E-state index is 0.662. The molecule has 2 heterocycles. The van der Waals surface area contributed by atoms with Gasteiger partial charge < -0.3 is 5.73 Å². The zero-order valence-electron chi connectivity index (χ0n) is 11.0. The first kappa shape index (κ1) is 13.2. The van der Waals surface area contributed by atoms with Crippen molar-refractivity contribution in [2.45, 2.75) is 13.5 Å². The molecule has 1 aromatic carbocycles. The summed E-state index contributed by atoms with van der Waals surface area (Å²) in [6, 6.07) is 11.9. The van der Waals surface area contributed by atoms with E-state index >= 15 is 0 Å². The van der Waals surface area contributed by atoms with Crippen LogP contribution in [0.5, 0.6) is 0 Å². The lowest BCUT2D eigenvalue weighted by atomic mass is 10.2. The van der Waals surface area contributed by atoms with E-state index in [0.717, 1.165) is 21.2 Å². The third kappa shape index (κ3) is 2.71. The van der Waals surface area contributed by atoms with Crippen LogP contribution < -0.4 is 5.73 Å². The monoisotopic (exact) mass is 303 g/mol. The summed E-state index contributed by atoms with van der Waals surface area (Å²) in [5.74, 6) is 0. The number of benzene rings is 1. The van der Waals surface area contributed by atoms with Gasteiger partial charge in [0.15, 0.2) is 0 Å². The van der Waals surface area contributed by atoms with Crippen LogP contribution >= 0.6 is 22.9 Å². The number of nitrogen functional groups attached to an aromatic ring is 1. The van der Waals surface area contributed by atoms with E-state index in [9.17, 15) is 0 Å². The lowest BCUT2D eigenvalue weighted by Crippen LogP contribution is -2.00. The van der Waals surface area contributed by atoms with Gasteiger partial charge in [0, 0.05) is 16.1 Å². The number of anilines is 1. The van der Waals surface area contributed by atoms with Crippen molar-refractivity contribution in [3.8, 4) is 10.6 Å².